The number of hydrogen-bond donors (Lipinski definition) is 0. The summed E-state index contributed by atoms with van der Waals surface area (Å²) in [5.74, 6) is 1.70. The second kappa shape index (κ2) is 5.23. The fourth-order valence-corrected chi connectivity index (χ4v) is 2.10. The van der Waals surface area contributed by atoms with Crippen LogP contribution in [-0.2, 0) is 6.54 Å². The van der Waals surface area contributed by atoms with Crippen LogP contribution in [0, 0.1) is 6.26 Å². The van der Waals surface area contributed by atoms with Crippen molar-refractivity contribution in [2.45, 2.75) is 18.6 Å². The molecule has 0 aliphatic carbocycles. The number of aromatic nitrogens is 3. The molecule has 17 heavy (non-hydrogen) atoms. The van der Waals surface area contributed by atoms with E-state index in [0.29, 0.717) is 0 Å². The number of hydrogen-bond acceptors (Lipinski definition) is 4. The predicted molar refractivity (Wildman–Crippen MR) is 68.9 cm³/mol. The van der Waals surface area contributed by atoms with Gasteiger partial charge in [-0.1, -0.05) is 11.8 Å². The van der Waals surface area contributed by atoms with Crippen molar-refractivity contribution in [2.75, 3.05) is 7.11 Å². The highest BCUT2D eigenvalue weighted by Gasteiger charge is 2.11. The fraction of sp³-hybridized carbons (Fsp3) is 0.250. The van der Waals surface area contributed by atoms with Gasteiger partial charge in [-0.05, 0) is 31.2 Å². The third-order valence-electron chi connectivity index (χ3n) is 2.51. The number of ether oxygens (including phenoxy) is 1. The van der Waals surface area contributed by atoms with Crippen LogP contribution in [0.2, 0.25) is 0 Å². The minimum atomic E-state index is 0.826. The Bertz CT molecular complexity index is 493. The molecule has 0 aliphatic rings. The lowest BCUT2D eigenvalue weighted by Crippen LogP contribution is -1.99. The molecule has 89 valence electrons. The molecule has 0 saturated carbocycles. The smallest absolute Gasteiger partial charge is 0.191 e. The molecule has 0 unspecified atom stereocenters. The van der Waals surface area contributed by atoms with Crippen LogP contribution in [0.25, 0.3) is 11.4 Å². The van der Waals surface area contributed by atoms with Crippen LogP contribution in [0.4, 0.5) is 0 Å². The molecule has 2 aromatic rings. The van der Waals surface area contributed by atoms with Crippen molar-refractivity contribution >= 4 is 11.8 Å². The molecule has 4 nitrogen and oxygen atoms in total. The van der Waals surface area contributed by atoms with Crippen LogP contribution in [-0.4, -0.2) is 21.9 Å². The fourth-order valence-electron chi connectivity index (χ4n) is 1.63. The summed E-state index contributed by atoms with van der Waals surface area (Å²) in [6.45, 7) is 2.89. The molecule has 0 N–H and O–H groups in total. The van der Waals surface area contributed by atoms with Crippen molar-refractivity contribution in [2.24, 2.45) is 0 Å². The lowest BCUT2D eigenvalue weighted by molar-refractivity contribution is 0.415. The zero-order valence-corrected chi connectivity index (χ0v) is 10.7. The van der Waals surface area contributed by atoms with Crippen molar-refractivity contribution in [3.8, 4) is 17.1 Å². The first kappa shape index (κ1) is 12.0. The van der Waals surface area contributed by atoms with Gasteiger partial charge in [-0.15, -0.1) is 10.2 Å². The Kier molecular flexibility index (Phi) is 3.68. The third kappa shape index (κ3) is 2.29. The second-order valence-corrected chi connectivity index (χ2v) is 4.08. The molecule has 0 spiro atoms. The molecule has 0 fully saturated rings. The maximum atomic E-state index is 5.13. The molecular formula is C12H14N3OS. The van der Waals surface area contributed by atoms with Crippen molar-refractivity contribution in [3.05, 3.63) is 30.5 Å². The van der Waals surface area contributed by atoms with Crippen molar-refractivity contribution in [1.29, 1.82) is 0 Å². The number of methoxy groups -OCH3 is 1. The number of thioether (sulfide) groups is 1. The molecule has 1 heterocycles. The maximum Gasteiger partial charge on any atom is 0.191 e. The Hall–Kier alpha value is -1.49. The van der Waals surface area contributed by atoms with Gasteiger partial charge in [0.05, 0.1) is 7.11 Å². The first-order valence-corrected chi connectivity index (χ1v) is 6.28. The zero-order chi connectivity index (χ0) is 12.3. The Morgan fingerprint density at radius 1 is 1.29 bits per heavy atom. The second-order valence-electron chi connectivity index (χ2n) is 3.42. The quantitative estimate of drug-likeness (QED) is 0.780. The van der Waals surface area contributed by atoms with Crippen molar-refractivity contribution < 1.29 is 4.74 Å². The molecular weight excluding hydrogens is 234 g/mol. The third-order valence-corrected chi connectivity index (χ3v) is 3.07. The molecule has 1 aromatic heterocycles. The number of benzene rings is 1. The maximum absolute atomic E-state index is 5.13. The summed E-state index contributed by atoms with van der Waals surface area (Å²) in [4.78, 5) is 0. The van der Waals surface area contributed by atoms with Crippen molar-refractivity contribution in [3.63, 3.8) is 0 Å². The molecule has 0 amide bonds. The van der Waals surface area contributed by atoms with Gasteiger partial charge in [-0.25, -0.2) is 0 Å². The van der Waals surface area contributed by atoms with Gasteiger partial charge in [-0.2, -0.15) is 0 Å². The minimum absolute atomic E-state index is 0.826. The summed E-state index contributed by atoms with van der Waals surface area (Å²) < 4.78 is 7.17. The summed E-state index contributed by atoms with van der Waals surface area (Å²) in [5.41, 5.74) is 1.03. The Balaban J connectivity index is 2.41. The summed E-state index contributed by atoms with van der Waals surface area (Å²) in [5, 5.41) is 9.13. The molecule has 1 radical (unpaired) electrons. The standard InChI is InChI=1S/C12H14N3OS/c1-4-15-11(13-14-12(15)17-3)9-5-7-10(16-2)8-6-9/h5-8H,3-4H2,1-2H3. The normalized spacial score (nSPS) is 10.5. The van der Waals surface area contributed by atoms with E-state index in [9.17, 15) is 0 Å². The topological polar surface area (TPSA) is 39.9 Å². The van der Waals surface area contributed by atoms with Gasteiger partial charge in [0.1, 0.15) is 5.75 Å². The van der Waals surface area contributed by atoms with Crippen LogP contribution >= 0.6 is 11.8 Å². The predicted octanol–water partition coefficient (Wildman–Crippen LogP) is 2.86. The number of rotatable bonds is 4. The summed E-state index contributed by atoms with van der Waals surface area (Å²) in [6, 6.07) is 7.79. The monoisotopic (exact) mass is 248 g/mol. The van der Waals surface area contributed by atoms with Gasteiger partial charge in [0.25, 0.3) is 0 Å². The lowest BCUT2D eigenvalue weighted by Gasteiger charge is -2.06. The van der Waals surface area contributed by atoms with Crippen LogP contribution in [0.5, 0.6) is 5.75 Å². The molecule has 1 aromatic carbocycles. The van der Waals surface area contributed by atoms with E-state index < -0.39 is 0 Å². The van der Waals surface area contributed by atoms with E-state index in [2.05, 4.69) is 23.4 Å². The molecule has 5 heteroatoms. The highest BCUT2D eigenvalue weighted by atomic mass is 32.2. The molecule has 0 atom stereocenters. The minimum Gasteiger partial charge on any atom is -0.497 e. The average Bonchev–Trinajstić information content (AvgIpc) is 2.81. The summed E-state index contributed by atoms with van der Waals surface area (Å²) in [7, 11) is 1.65. The highest BCUT2D eigenvalue weighted by Crippen LogP contribution is 2.24. The van der Waals surface area contributed by atoms with Gasteiger partial charge in [-0.3, -0.25) is 0 Å². The van der Waals surface area contributed by atoms with E-state index in [-0.39, 0.29) is 0 Å². The SMILES string of the molecule is [CH2]Sc1nnc(-c2ccc(OC)cc2)n1CC. The van der Waals surface area contributed by atoms with Crippen LogP contribution < -0.4 is 4.74 Å². The first-order valence-electron chi connectivity index (χ1n) is 5.29. The van der Waals surface area contributed by atoms with E-state index in [1.165, 1.54) is 11.8 Å². The van der Waals surface area contributed by atoms with E-state index >= 15 is 0 Å². The highest BCUT2D eigenvalue weighted by molar-refractivity contribution is 8.00. The van der Waals surface area contributed by atoms with Crippen LogP contribution in [0.15, 0.2) is 29.4 Å². The largest absolute Gasteiger partial charge is 0.497 e. The average molecular weight is 248 g/mol. The van der Waals surface area contributed by atoms with Crippen LogP contribution in [0.3, 0.4) is 0 Å². The molecule has 2 rings (SSSR count). The van der Waals surface area contributed by atoms with E-state index in [1.807, 2.05) is 28.8 Å². The number of nitrogens with zero attached hydrogens (tertiary/aromatic N) is 3. The van der Waals surface area contributed by atoms with Gasteiger partial charge >= 0.3 is 0 Å². The van der Waals surface area contributed by atoms with E-state index in [4.69, 9.17) is 4.74 Å². The molecule has 0 aliphatic heterocycles. The zero-order valence-electron chi connectivity index (χ0n) is 9.88. The Labute approximate surface area is 105 Å². The van der Waals surface area contributed by atoms with E-state index in [0.717, 1.165) is 28.8 Å². The van der Waals surface area contributed by atoms with Gasteiger partial charge in [0.2, 0.25) is 0 Å². The molecule has 0 saturated heterocycles. The summed E-state index contributed by atoms with van der Waals surface area (Å²) in [6.07, 6.45) is 3.77. The van der Waals surface area contributed by atoms with Crippen LogP contribution in [0.1, 0.15) is 6.92 Å². The summed E-state index contributed by atoms with van der Waals surface area (Å²) >= 11 is 1.36. The first-order chi connectivity index (χ1) is 8.30. The van der Waals surface area contributed by atoms with Gasteiger partial charge in [0, 0.05) is 18.4 Å². The Morgan fingerprint density at radius 2 is 2.00 bits per heavy atom. The Morgan fingerprint density at radius 3 is 2.53 bits per heavy atom. The molecule has 0 bridgehead atoms. The van der Waals surface area contributed by atoms with Gasteiger partial charge < -0.3 is 9.30 Å². The van der Waals surface area contributed by atoms with Crippen molar-refractivity contribution in [1.82, 2.24) is 14.8 Å². The lowest BCUT2D eigenvalue weighted by atomic mass is 10.2. The van der Waals surface area contributed by atoms with E-state index in [1.54, 1.807) is 7.11 Å². The van der Waals surface area contributed by atoms with Gasteiger partial charge in [0.15, 0.2) is 11.0 Å².